The molecule has 0 atom stereocenters. The lowest BCUT2D eigenvalue weighted by Crippen LogP contribution is -2.39. The molecule has 0 heterocycles. The lowest BCUT2D eigenvalue weighted by molar-refractivity contribution is -0.384. The van der Waals surface area contributed by atoms with Crippen molar-refractivity contribution >= 4 is 27.3 Å². The van der Waals surface area contributed by atoms with E-state index in [2.05, 4.69) is 4.72 Å². The fraction of sp³-hybridized carbons (Fsp3) is 0.455. The SMILES string of the molecule is Cc1cc(Cl)c([N+](=O)[O-])cc1S(=O)(=O)NC1(CO)CC1. The van der Waals surface area contributed by atoms with Gasteiger partial charge in [0, 0.05) is 6.07 Å². The van der Waals surface area contributed by atoms with Crippen molar-refractivity contribution in [2.24, 2.45) is 0 Å². The van der Waals surface area contributed by atoms with Gasteiger partial charge in [0.2, 0.25) is 10.0 Å². The maximum Gasteiger partial charge on any atom is 0.289 e. The van der Waals surface area contributed by atoms with Gasteiger partial charge in [0.15, 0.2) is 0 Å². The number of nitro groups is 1. The Bertz CT molecular complexity index is 670. The van der Waals surface area contributed by atoms with Crippen molar-refractivity contribution in [3.63, 3.8) is 0 Å². The highest BCUT2D eigenvalue weighted by Gasteiger charge is 2.46. The highest BCUT2D eigenvalue weighted by Crippen LogP contribution is 2.37. The molecular weight excluding hydrogens is 308 g/mol. The molecule has 1 aromatic rings. The van der Waals surface area contributed by atoms with Crippen LogP contribution in [0, 0.1) is 17.0 Å². The molecular formula is C11H13ClN2O5S. The van der Waals surface area contributed by atoms with Crippen molar-refractivity contribution in [3.8, 4) is 0 Å². The number of sulfonamides is 1. The number of rotatable bonds is 5. The summed E-state index contributed by atoms with van der Waals surface area (Å²) in [5.41, 5.74) is -0.993. The van der Waals surface area contributed by atoms with Crippen LogP contribution in [0.5, 0.6) is 0 Å². The van der Waals surface area contributed by atoms with E-state index in [1.165, 1.54) is 13.0 Å². The fourth-order valence-electron chi connectivity index (χ4n) is 1.85. The summed E-state index contributed by atoms with van der Waals surface area (Å²) in [5.74, 6) is 0. The van der Waals surface area contributed by atoms with Crippen LogP contribution in [0.25, 0.3) is 0 Å². The lowest BCUT2D eigenvalue weighted by atomic mass is 10.2. The Kier molecular flexibility index (Phi) is 3.76. The second kappa shape index (κ2) is 4.96. The summed E-state index contributed by atoms with van der Waals surface area (Å²) in [7, 11) is -3.94. The molecule has 0 bridgehead atoms. The zero-order chi connectivity index (χ0) is 15.1. The Hall–Kier alpha value is -1.22. The number of nitrogens with zero attached hydrogens (tertiary/aromatic N) is 1. The van der Waals surface area contributed by atoms with Crippen LogP contribution in [-0.2, 0) is 10.0 Å². The highest BCUT2D eigenvalue weighted by molar-refractivity contribution is 7.89. The minimum Gasteiger partial charge on any atom is -0.394 e. The summed E-state index contributed by atoms with van der Waals surface area (Å²) < 4.78 is 26.9. The normalized spacial score (nSPS) is 16.9. The fourth-order valence-corrected chi connectivity index (χ4v) is 3.84. The second-order valence-electron chi connectivity index (χ2n) is 4.87. The van der Waals surface area contributed by atoms with E-state index in [1.54, 1.807) is 0 Å². The summed E-state index contributed by atoms with van der Waals surface area (Å²) in [4.78, 5) is 9.89. The molecule has 110 valence electrons. The van der Waals surface area contributed by atoms with Crippen molar-refractivity contribution in [1.82, 2.24) is 4.72 Å². The highest BCUT2D eigenvalue weighted by atomic mass is 35.5. The van der Waals surface area contributed by atoms with Gasteiger partial charge in [0.1, 0.15) is 5.02 Å². The number of aliphatic hydroxyl groups excluding tert-OH is 1. The number of nitrogens with one attached hydrogen (secondary N) is 1. The summed E-state index contributed by atoms with van der Waals surface area (Å²) >= 11 is 5.72. The molecule has 2 N–H and O–H groups in total. The van der Waals surface area contributed by atoms with E-state index in [4.69, 9.17) is 16.7 Å². The first-order chi connectivity index (χ1) is 9.21. The van der Waals surface area contributed by atoms with E-state index < -0.39 is 26.2 Å². The molecule has 0 spiro atoms. The molecule has 20 heavy (non-hydrogen) atoms. The van der Waals surface area contributed by atoms with E-state index in [0.29, 0.717) is 18.4 Å². The second-order valence-corrected chi connectivity index (χ2v) is 6.93. The molecule has 1 aliphatic carbocycles. The quantitative estimate of drug-likeness (QED) is 0.628. The zero-order valence-electron chi connectivity index (χ0n) is 10.6. The largest absolute Gasteiger partial charge is 0.394 e. The molecule has 7 nitrogen and oxygen atoms in total. The average Bonchev–Trinajstić information content (AvgIpc) is 3.07. The number of hydrogen-bond donors (Lipinski definition) is 2. The van der Waals surface area contributed by atoms with Crippen molar-refractivity contribution in [2.75, 3.05) is 6.61 Å². The van der Waals surface area contributed by atoms with Gasteiger partial charge in [-0.05, 0) is 31.4 Å². The number of aliphatic hydroxyl groups is 1. The molecule has 0 aliphatic heterocycles. The zero-order valence-corrected chi connectivity index (χ0v) is 12.2. The molecule has 0 unspecified atom stereocenters. The molecule has 0 saturated heterocycles. The van der Waals surface area contributed by atoms with Gasteiger partial charge < -0.3 is 5.11 Å². The van der Waals surface area contributed by atoms with E-state index in [-0.39, 0.29) is 16.5 Å². The van der Waals surface area contributed by atoms with Crippen molar-refractivity contribution in [3.05, 3.63) is 32.8 Å². The molecule has 0 amide bonds. The lowest BCUT2D eigenvalue weighted by Gasteiger charge is -2.16. The van der Waals surface area contributed by atoms with E-state index in [1.807, 2.05) is 0 Å². The molecule has 9 heteroatoms. The third-order valence-electron chi connectivity index (χ3n) is 3.24. The van der Waals surface area contributed by atoms with Crippen LogP contribution in [0.2, 0.25) is 5.02 Å². The molecule has 1 aromatic carbocycles. The molecule has 1 aliphatic rings. The van der Waals surface area contributed by atoms with Crippen LogP contribution in [0.15, 0.2) is 17.0 Å². The topological polar surface area (TPSA) is 110 Å². The Labute approximate surface area is 120 Å². The van der Waals surface area contributed by atoms with Gasteiger partial charge in [-0.3, -0.25) is 10.1 Å². The first-order valence-electron chi connectivity index (χ1n) is 5.80. The average molecular weight is 321 g/mol. The number of hydrogen-bond acceptors (Lipinski definition) is 5. The first kappa shape index (κ1) is 15.2. The van der Waals surface area contributed by atoms with Crippen LogP contribution in [0.1, 0.15) is 18.4 Å². The number of benzene rings is 1. The van der Waals surface area contributed by atoms with Gasteiger partial charge >= 0.3 is 0 Å². The van der Waals surface area contributed by atoms with Gasteiger partial charge in [-0.1, -0.05) is 11.6 Å². The van der Waals surface area contributed by atoms with E-state index in [0.717, 1.165) is 6.07 Å². The summed E-state index contributed by atoms with van der Waals surface area (Å²) in [6.45, 7) is 1.20. The Morgan fingerprint density at radius 3 is 2.55 bits per heavy atom. The third-order valence-corrected chi connectivity index (χ3v) is 5.26. The number of nitro benzene ring substituents is 1. The monoisotopic (exact) mass is 320 g/mol. The van der Waals surface area contributed by atoms with Gasteiger partial charge in [0.25, 0.3) is 5.69 Å². The molecule has 0 aromatic heterocycles. The first-order valence-corrected chi connectivity index (χ1v) is 7.66. The van der Waals surface area contributed by atoms with E-state index >= 15 is 0 Å². The smallest absolute Gasteiger partial charge is 0.289 e. The van der Waals surface area contributed by atoms with Crippen molar-refractivity contribution in [1.29, 1.82) is 0 Å². The maximum atomic E-state index is 12.3. The van der Waals surface area contributed by atoms with Gasteiger partial charge in [-0.2, -0.15) is 0 Å². The minimum atomic E-state index is -3.94. The van der Waals surface area contributed by atoms with E-state index in [9.17, 15) is 18.5 Å². The molecule has 1 saturated carbocycles. The van der Waals surface area contributed by atoms with Gasteiger partial charge in [0.05, 0.1) is 22.0 Å². The van der Waals surface area contributed by atoms with Crippen LogP contribution < -0.4 is 4.72 Å². The van der Waals surface area contributed by atoms with Crippen LogP contribution in [0.4, 0.5) is 5.69 Å². The predicted octanol–water partition coefficient (Wildman–Crippen LogP) is 1.36. The predicted molar refractivity (Wildman–Crippen MR) is 72.2 cm³/mol. The third kappa shape index (κ3) is 2.78. The summed E-state index contributed by atoms with van der Waals surface area (Å²) in [6, 6.07) is 2.18. The number of aryl methyl sites for hydroxylation is 1. The minimum absolute atomic E-state index is 0.116. The molecule has 0 radical (unpaired) electrons. The van der Waals surface area contributed by atoms with Crippen LogP contribution >= 0.6 is 11.6 Å². The number of halogens is 1. The maximum absolute atomic E-state index is 12.3. The van der Waals surface area contributed by atoms with Crippen molar-refractivity contribution < 1.29 is 18.4 Å². The Morgan fingerprint density at radius 1 is 1.50 bits per heavy atom. The van der Waals surface area contributed by atoms with Crippen molar-refractivity contribution in [2.45, 2.75) is 30.2 Å². The molecule has 1 fully saturated rings. The van der Waals surface area contributed by atoms with Crippen LogP contribution in [-0.4, -0.2) is 30.6 Å². The summed E-state index contributed by atoms with van der Waals surface area (Å²) in [6.07, 6.45) is 1.08. The van der Waals surface area contributed by atoms with Crippen LogP contribution in [0.3, 0.4) is 0 Å². The van der Waals surface area contributed by atoms with Gasteiger partial charge in [-0.15, -0.1) is 0 Å². The standard InChI is InChI=1S/C11H13ClN2O5S/c1-7-4-8(12)9(14(16)17)5-10(7)20(18,19)13-11(6-15)2-3-11/h4-5,13,15H,2-3,6H2,1H3. The Morgan fingerprint density at radius 2 is 2.10 bits per heavy atom. The Balaban J connectivity index is 2.46. The summed E-state index contributed by atoms with van der Waals surface area (Å²) in [5, 5.41) is 19.9. The molecule has 2 rings (SSSR count). The van der Waals surface area contributed by atoms with Gasteiger partial charge in [-0.25, -0.2) is 13.1 Å².